The van der Waals surface area contributed by atoms with Gasteiger partial charge in [-0.3, -0.25) is 4.79 Å². The first kappa shape index (κ1) is 17.2. The number of nitrogens with one attached hydrogen (secondary N) is 1. The number of aryl methyl sites for hydroxylation is 1. The Morgan fingerprint density at radius 2 is 2.04 bits per heavy atom. The number of amides is 1. The molecule has 7 heteroatoms. The predicted octanol–water partition coefficient (Wildman–Crippen LogP) is 4.10. The molecule has 4 aromatic rings. The first-order valence-corrected chi connectivity index (χ1v) is 9.27. The van der Waals surface area contributed by atoms with Crippen molar-refractivity contribution in [3.8, 4) is 5.75 Å². The van der Waals surface area contributed by atoms with Crippen LogP contribution in [0.2, 0.25) is 0 Å². The molecule has 0 atom stereocenters. The average Bonchev–Trinajstić information content (AvgIpc) is 3.30. The highest BCUT2D eigenvalue weighted by atomic mass is 32.1. The molecule has 1 amide bonds. The fourth-order valence-electron chi connectivity index (χ4n) is 2.62. The van der Waals surface area contributed by atoms with Crippen molar-refractivity contribution in [2.45, 2.75) is 20.1 Å². The summed E-state index contributed by atoms with van der Waals surface area (Å²) in [6.45, 7) is 2.60. The van der Waals surface area contributed by atoms with E-state index in [0.717, 1.165) is 20.8 Å². The lowest BCUT2D eigenvalue weighted by atomic mass is 10.2. The Balaban J connectivity index is 1.35. The highest BCUT2D eigenvalue weighted by Crippen LogP contribution is 2.26. The maximum Gasteiger partial charge on any atom is 0.273 e. The number of hydrogen-bond donors (Lipinski definition) is 1. The molecule has 4 rings (SSSR count). The van der Waals surface area contributed by atoms with E-state index < -0.39 is 0 Å². The number of hydrogen-bond acceptors (Lipinski definition) is 6. The van der Waals surface area contributed by atoms with Crippen molar-refractivity contribution in [2.24, 2.45) is 0 Å². The van der Waals surface area contributed by atoms with Crippen molar-refractivity contribution in [1.29, 1.82) is 0 Å². The Hall–Kier alpha value is -3.19. The second-order valence-corrected chi connectivity index (χ2v) is 7.23. The summed E-state index contributed by atoms with van der Waals surface area (Å²) in [6, 6.07) is 17.0. The minimum Gasteiger partial charge on any atom is -0.485 e. The van der Waals surface area contributed by atoms with Gasteiger partial charge in [-0.2, -0.15) is 0 Å². The van der Waals surface area contributed by atoms with Crippen LogP contribution in [0.1, 0.15) is 26.8 Å². The number of benzene rings is 2. The maximum atomic E-state index is 12.2. The minimum absolute atomic E-state index is 0.188. The van der Waals surface area contributed by atoms with Gasteiger partial charge in [-0.25, -0.2) is 4.98 Å². The van der Waals surface area contributed by atoms with Gasteiger partial charge in [0, 0.05) is 18.7 Å². The fraction of sp³-hybridized carbons (Fsp3) is 0.150. The monoisotopic (exact) mass is 379 g/mol. The summed E-state index contributed by atoms with van der Waals surface area (Å²) in [5.74, 6) is 0.891. The van der Waals surface area contributed by atoms with Crippen LogP contribution in [0.3, 0.4) is 0 Å². The van der Waals surface area contributed by atoms with Crippen LogP contribution in [0.5, 0.6) is 5.75 Å². The van der Waals surface area contributed by atoms with Gasteiger partial charge in [0.25, 0.3) is 5.91 Å². The van der Waals surface area contributed by atoms with E-state index in [1.54, 1.807) is 17.4 Å². The lowest BCUT2D eigenvalue weighted by Crippen LogP contribution is -2.22. The molecule has 0 fully saturated rings. The predicted molar refractivity (Wildman–Crippen MR) is 103 cm³/mol. The third-order valence-corrected chi connectivity index (χ3v) is 4.89. The van der Waals surface area contributed by atoms with Gasteiger partial charge in [-0.15, -0.1) is 11.3 Å². The summed E-state index contributed by atoms with van der Waals surface area (Å²) in [5.41, 5.74) is 2.16. The Bertz CT molecular complexity index is 1070. The summed E-state index contributed by atoms with van der Waals surface area (Å²) in [6.07, 6.45) is 0. The van der Waals surface area contributed by atoms with Crippen LogP contribution in [0.15, 0.2) is 59.1 Å². The molecule has 136 valence electrons. The SMILES string of the molecule is Cc1nc2cc(OCc3cc(C(=O)NCc4ccccc4)no3)ccc2s1. The fourth-order valence-corrected chi connectivity index (χ4v) is 3.43. The summed E-state index contributed by atoms with van der Waals surface area (Å²) in [7, 11) is 0. The molecule has 27 heavy (non-hydrogen) atoms. The Morgan fingerprint density at radius 1 is 1.19 bits per heavy atom. The molecular weight excluding hydrogens is 362 g/mol. The molecule has 0 saturated carbocycles. The Morgan fingerprint density at radius 3 is 2.89 bits per heavy atom. The summed E-state index contributed by atoms with van der Waals surface area (Å²) >= 11 is 1.65. The van der Waals surface area contributed by atoms with E-state index in [2.05, 4.69) is 15.5 Å². The Kier molecular flexibility index (Phi) is 4.84. The maximum absolute atomic E-state index is 12.2. The van der Waals surface area contributed by atoms with Gasteiger partial charge in [0.1, 0.15) is 12.4 Å². The number of ether oxygens (including phenoxy) is 1. The minimum atomic E-state index is -0.284. The molecule has 0 bridgehead atoms. The molecule has 0 radical (unpaired) electrons. The molecule has 0 aliphatic heterocycles. The third-order valence-electron chi connectivity index (χ3n) is 3.93. The van der Waals surface area contributed by atoms with E-state index in [1.807, 2.05) is 55.5 Å². The van der Waals surface area contributed by atoms with E-state index in [1.165, 1.54) is 0 Å². The van der Waals surface area contributed by atoms with Gasteiger partial charge in [-0.1, -0.05) is 35.5 Å². The summed E-state index contributed by atoms with van der Waals surface area (Å²) in [5, 5.41) is 7.65. The van der Waals surface area contributed by atoms with Crippen LogP contribution >= 0.6 is 11.3 Å². The van der Waals surface area contributed by atoms with Crippen molar-refractivity contribution in [3.05, 3.63) is 76.6 Å². The van der Waals surface area contributed by atoms with E-state index in [0.29, 0.717) is 18.1 Å². The third kappa shape index (κ3) is 4.15. The molecule has 6 nitrogen and oxygen atoms in total. The molecule has 0 unspecified atom stereocenters. The zero-order valence-corrected chi connectivity index (χ0v) is 15.5. The van der Waals surface area contributed by atoms with Crippen molar-refractivity contribution in [1.82, 2.24) is 15.5 Å². The molecule has 2 aromatic carbocycles. The number of carbonyl (C=O) groups excluding carboxylic acids is 1. The molecule has 0 saturated heterocycles. The van der Waals surface area contributed by atoms with Crippen LogP contribution in [0.4, 0.5) is 0 Å². The molecule has 2 heterocycles. The zero-order valence-electron chi connectivity index (χ0n) is 14.6. The van der Waals surface area contributed by atoms with Crippen molar-refractivity contribution >= 4 is 27.5 Å². The summed E-state index contributed by atoms with van der Waals surface area (Å²) < 4.78 is 12.1. The Labute approximate surface area is 159 Å². The normalized spacial score (nSPS) is 10.9. The number of aromatic nitrogens is 2. The molecule has 2 aromatic heterocycles. The van der Waals surface area contributed by atoms with Crippen molar-refractivity contribution in [2.75, 3.05) is 0 Å². The van der Waals surface area contributed by atoms with Gasteiger partial charge in [0.15, 0.2) is 11.5 Å². The van der Waals surface area contributed by atoms with E-state index >= 15 is 0 Å². The van der Waals surface area contributed by atoms with Crippen LogP contribution in [0.25, 0.3) is 10.2 Å². The van der Waals surface area contributed by atoms with E-state index in [-0.39, 0.29) is 18.2 Å². The van der Waals surface area contributed by atoms with Gasteiger partial charge < -0.3 is 14.6 Å². The zero-order chi connectivity index (χ0) is 18.6. The van der Waals surface area contributed by atoms with E-state index in [9.17, 15) is 4.79 Å². The number of rotatable bonds is 6. The van der Waals surface area contributed by atoms with E-state index in [4.69, 9.17) is 9.26 Å². The smallest absolute Gasteiger partial charge is 0.273 e. The molecule has 0 aliphatic carbocycles. The van der Waals surface area contributed by atoms with Crippen LogP contribution in [-0.2, 0) is 13.2 Å². The van der Waals surface area contributed by atoms with Crippen LogP contribution < -0.4 is 10.1 Å². The second-order valence-electron chi connectivity index (χ2n) is 6.00. The van der Waals surface area contributed by atoms with Crippen LogP contribution in [-0.4, -0.2) is 16.0 Å². The summed E-state index contributed by atoms with van der Waals surface area (Å²) in [4.78, 5) is 16.6. The number of thiazole rings is 1. The van der Waals surface area contributed by atoms with Gasteiger partial charge >= 0.3 is 0 Å². The number of fused-ring (bicyclic) bond motifs is 1. The number of nitrogens with zero attached hydrogens (tertiary/aromatic N) is 2. The molecule has 1 N–H and O–H groups in total. The topological polar surface area (TPSA) is 77.2 Å². The molecule has 0 spiro atoms. The second kappa shape index (κ2) is 7.59. The van der Waals surface area contributed by atoms with Gasteiger partial charge in [0.2, 0.25) is 0 Å². The molecule has 0 aliphatic rings. The molecular formula is C20H17N3O3S. The highest BCUT2D eigenvalue weighted by Gasteiger charge is 2.13. The largest absolute Gasteiger partial charge is 0.485 e. The van der Waals surface area contributed by atoms with Crippen LogP contribution in [0, 0.1) is 6.92 Å². The quantitative estimate of drug-likeness (QED) is 0.546. The first-order chi connectivity index (χ1) is 13.2. The standard InChI is InChI=1S/C20H17N3O3S/c1-13-22-17-9-15(7-8-19(17)27-13)25-12-16-10-18(23-26-16)20(24)21-11-14-5-3-2-4-6-14/h2-10H,11-12H2,1H3,(H,21,24). The van der Waals surface area contributed by atoms with Gasteiger partial charge in [0.05, 0.1) is 15.2 Å². The number of carbonyl (C=O) groups is 1. The highest BCUT2D eigenvalue weighted by molar-refractivity contribution is 7.18. The average molecular weight is 379 g/mol. The van der Waals surface area contributed by atoms with Crippen molar-refractivity contribution < 1.29 is 14.1 Å². The lowest BCUT2D eigenvalue weighted by Gasteiger charge is -2.03. The first-order valence-electron chi connectivity index (χ1n) is 8.45. The van der Waals surface area contributed by atoms with Gasteiger partial charge in [-0.05, 0) is 24.6 Å². The lowest BCUT2D eigenvalue weighted by molar-refractivity contribution is 0.0941. The van der Waals surface area contributed by atoms with Crippen molar-refractivity contribution in [3.63, 3.8) is 0 Å².